The van der Waals surface area contributed by atoms with Gasteiger partial charge in [-0.25, -0.2) is 9.59 Å². The van der Waals surface area contributed by atoms with Crippen LogP contribution in [0.5, 0.6) is 0 Å². The fourth-order valence-corrected chi connectivity index (χ4v) is 4.10. The number of esters is 1. The van der Waals surface area contributed by atoms with E-state index in [4.69, 9.17) is 4.74 Å². The van der Waals surface area contributed by atoms with Crippen LogP contribution in [0.1, 0.15) is 38.8 Å². The Labute approximate surface area is 199 Å². The lowest BCUT2D eigenvalue weighted by Crippen LogP contribution is -2.14. The Balaban J connectivity index is 1.82. The molecule has 7 nitrogen and oxygen atoms in total. The third-order valence-electron chi connectivity index (χ3n) is 5.21. The summed E-state index contributed by atoms with van der Waals surface area (Å²) in [7, 11) is 0. The zero-order valence-electron chi connectivity index (χ0n) is 18.2. The predicted molar refractivity (Wildman–Crippen MR) is 129 cm³/mol. The molecule has 34 heavy (non-hydrogen) atoms. The molecule has 0 saturated heterocycles. The van der Waals surface area contributed by atoms with Gasteiger partial charge in [0.1, 0.15) is 11.0 Å². The average molecular weight is 473 g/mol. The number of carboxylic acids is 1. The summed E-state index contributed by atoms with van der Waals surface area (Å²) >= 11 is 1.03. The normalized spacial score (nSPS) is 11.7. The van der Waals surface area contributed by atoms with Crippen molar-refractivity contribution in [3.8, 4) is 0 Å². The number of ketones is 1. The Kier molecular flexibility index (Phi) is 6.89. The van der Waals surface area contributed by atoms with Crippen molar-refractivity contribution < 1.29 is 24.2 Å². The van der Waals surface area contributed by atoms with Crippen LogP contribution in [0.25, 0.3) is 16.6 Å². The zero-order chi connectivity index (χ0) is 24.1. The lowest BCUT2D eigenvalue weighted by molar-refractivity contribution is -0.130. The van der Waals surface area contributed by atoms with Gasteiger partial charge in [-0.2, -0.15) is 8.75 Å². The van der Waals surface area contributed by atoms with Crippen molar-refractivity contribution in [2.45, 2.75) is 13.3 Å². The number of carboxylic acid groups (broad SMARTS) is 1. The highest BCUT2D eigenvalue weighted by Crippen LogP contribution is 2.28. The molecular weight excluding hydrogens is 452 g/mol. The predicted octanol–water partition coefficient (Wildman–Crippen LogP) is 4.83. The zero-order valence-corrected chi connectivity index (χ0v) is 19.0. The molecule has 4 rings (SSSR count). The van der Waals surface area contributed by atoms with E-state index in [1.54, 1.807) is 79.7 Å². The maximum absolute atomic E-state index is 13.5. The molecule has 0 aliphatic carbocycles. The molecule has 0 spiro atoms. The first-order chi connectivity index (χ1) is 16.5. The fraction of sp³-hybridized carbons (Fsp3) is 0.115. The summed E-state index contributed by atoms with van der Waals surface area (Å²) in [5.74, 6) is -2.05. The van der Waals surface area contributed by atoms with Gasteiger partial charge in [0.15, 0.2) is 5.78 Å². The monoisotopic (exact) mass is 472 g/mol. The second-order valence-corrected chi connectivity index (χ2v) is 7.94. The molecule has 0 fully saturated rings. The molecule has 1 N–H and O–H groups in total. The first kappa shape index (κ1) is 23.0. The van der Waals surface area contributed by atoms with Crippen molar-refractivity contribution >= 4 is 46.1 Å². The minimum Gasteiger partial charge on any atom is -0.478 e. The van der Waals surface area contributed by atoms with Crippen molar-refractivity contribution in [1.82, 2.24) is 8.75 Å². The minimum absolute atomic E-state index is 0.0613. The van der Waals surface area contributed by atoms with Crippen molar-refractivity contribution in [2.24, 2.45) is 0 Å². The van der Waals surface area contributed by atoms with Crippen LogP contribution in [-0.4, -0.2) is 38.2 Å². The van der Waals surface area contributed by atoms with Gasteiger partial charge >= 0.3 is 11.9 Å². The Morgan fingerprint density at radius 1 is 0.853 bits per heavy atom. The van der Waals surface area contributed by atoms with Crippen molar-refractivity contribution in [3.63, 3.8) is 0 Å². The van der Waals surface area contributed by atoms with Crippen LogP contribution < -0.4 is 0 Å². The minimum atomic E-state index is -1.22. The van der Waals surface area contributed by atoms with Gasteiger partial charge in [0.2, 0.25) is 0 Å². The molecule has 0 bridgehead atoms. The van der Waals surface area contributed by atoms with E-state index in [0.717, 1.165) is 11.7 Å². The number of aliphatic carboxylic acids is 1. The maximum Gasteiger partial charge on any atom is 0.338 e. The molecule has 0 aliphatic heterocycles. The highest BCUT2D eigenvalue weighted by Gasteiger charge is 2.24. The number of carbonyl (C=O) groups is 3. The van der Waals surface area contributed by atoms with Crippen molar-refractivity contribution in [3.05, 3.63) is 101 Å². The molecule has 0 saturated carbocycles. The number of rotatable bonds is 8. The van der Waals surface area contributed by atoms with Crippen LogP contribution in [0.2, 0.25) is 0 Å². The molecule has 1 heterocycles. The Hall–Kier alpha value is -4.17. The summed E-state index contributed by atoms with van der Waals surface area (Å²) in [4.78, 5) is 37.9. The molecule has 4 aromatic rings. The van der Waals surface area contributed by atoms with Gasteiger partial charge < -0.3 is 9.84 Å². The van der Waals surface area contributed by atoms with E-state index in [2.05, 4.69) is 8.75 Å². The molecule has 0 amide bonds. The number of allylic oxidation sites excluding steroid dienone is 1. The summed E-state index contributed by atoms with van der Waals surface area (Å²) < 4.78 is 13.4. The van der Waals surface area contributed by atoms with E-state index in [1.165, 1.54) is 0 Å². The number of hydrogen-bond acceptors (Lipinski definition) is 7. The van der Waals surface area contributed by atoms with Crippen LogP contribution in [0.4, 0.5) is 0 Å². The van der Waals surface area contributed by atoms with Crippen LogP contribution in [-0.2, 0) is 16.0 Å². The number of benzene rings is 3. The number of hydrogen-bond donors (Lipinski definition) is 1. The van der Waals surface area contributed by atoms with Crippen molar-refractivity contribution in [1.29, 1.82) is 0 Å². The maximum atomic E-state index is 13.5. The van der Waals surface area contributed by atoms with Crippen LogP contribution in [0.15, 0.2) is 78.4 Å². The van der Waals surface area contributed by atoms with Gasteiger partial charge in [-0.1, -0.05) is 48.5 Å². The Morgan fingerprint density at radius 2 is 1.53 bits per heavy atom. The summed E-state index contributed by atoms with van der Waals surface area (Å²) in [6.07, 6.45) is 0.0613. The van der Waals surface area contributed by atoms with Crippen LogP contribution in [0, 0.1) is 0 Å². The lowest BCUT2D eigenvalue weighted by atomic mass is 9.89. The molecule has 170 valence electrons. The van der Waals surface area contributed by atoms with Gasteiger partial charge in [0.25, 0.3) is 0 Å². The van der Waals surface area contributed by atoms with Gasteiger partial charge in [0.05, 0.1) is 29.5 Å². The smallest absolute Gasteiger partial charge is 0.338 e. The number of aromatic nitrogens is 2. The van der Waals surface area contributed by atoms with E-state index in [9.17, 15) is 19.5 Å². The largest absolute Gasteiger partial charge is 0.478 e. The molecule has 0 atom stereocenters. The van der Waals surface area contributed by atoms with Gasteiger partial charge in [0, 0.05) is 17.6 Å². The first-order valence-electron chi connectivity index (χ1n) is 10.5. The molecule has 0 radical (unpaired) electrons. The topological polar surface area (TPSA) is 106 Å². The summed E-state index contributed by atoms with van der Waals surface area (Å²) in [5.41, 5.74) is 3.07. The SMILES string of the molecule is CCOC(=O)c1ccc(C/C(C(=O)c2ccccc2)=C(\C(=O)O)c2ccc3nsnc3c2)cc1. The summed E-state index contributed by atoms with van der Waals surface area (Å²) in [6.45, 7) is 1.99. The Morgan fingerprint density at radius 3 is 2.21 bits per heavy atom. The summed E-state index contributed by atoms with van der Waals surface area (Å²) in [6, 6.07) is 20.1. The van der Waals surface area contributed by atoms with Gasteiger partial charge in [-0.05, 0) is 42.3 Å². The fourth-order valence-electron chi connectivity index (χ4n) is 3.59. The van der Waals surface area contributed by atoms with Gasteiger partial charge in [-0.15, -0.1) is 0 Å². The average Bonchev–Trinajstić information content (AvgIpc) is 3.32. The number of Topliss-reactive ketones (excluding diaryl/α,β-unsaturated/α-hetero) is 1. The van der Waals surface area contributed by atoms with E-state index >= 15 is 0 Å². The van der Waals surface area contributed by atoms with E-state index in [-0.39, 0.29) is 30.0 Å². The van der Waals surface area contributed by atoms with Gasteiger partial charge in [-0.3, -0.25) is 4.79 Å². The van der Waals surface area contributed by atoms with E-state index < -0.39 is 11.9 Å². The quantitative estimate of drug-likeness (QED) is 0.222. The van der Waals surface area contributed by atoms with Crippen molar-refractivity contribution in [2.75, 3.05) is 6.61 Å². The molecule has 1 aromatic heterocycles. The number of nitrogens with zero attached hydrogens (tertiary/aromatic N) is 2. The highest BCUT2D eigenvalue weighted by atomic mass is 32.1. The van der Waals surface area contributed by atoms with E-state index in [0.29, 0.717) is 33.3 Å². The third kappa shape index (κ3) is 4.92. The first-order valence-corrected chi connectivity index (χ1v) is 11.3. The molecule has 0 aliphatic rings. The highest BCUT2D eigenvalue weighted by molar-refractivity contribution is 7.00. The second kappa shape index (κ2) is 10.2. The van der Waals surface area contributed by atoms with Crippen LogP contribution in [0.3, 0.4) is 0 Å². The molecule has 3 aromatic carbocycles. The summed E-state index contributed by atoms with van der Waals surface area (Å²) in [5, 5.41) is 10.2. The standard InChI is InChI=1S/C26H20N2O5S/c1-2-33-26(32)18-10-8-16(9-11-18)14-20(24(29)17-6-4-3-5-7-17)23(25(30)31)19-12-13-21-22(15-19)28-34-27-21/h3-13,15H,2,14H2,1H3,(H,30,31)/b23-20+. The molecule has 8 heteroatoms. The Bertz CT molecular complexity index is 1390. The van der Waals surface area contributed by atoms with E-state index in [1.807, 2.05) is 0 Å². The number of ether oxygens (including phenoxy) is 1. The van der Waals surface area contributed by atoms with Crippen LogP contribution >= 0.6 is 11.7 Å². The number of fused-ring (bicyclic) bond motifs is 1. The molecule has 0 unspecified atom stereocenters. The second-order valence-electron chi connectivity index (χ2n) is 7.42. The lowest BCUT2D eigenvalue weighted by Gasteiger charge is -2.13. The third-order valence-corrected chi connectivity index (χ3v) is 5.77. The molecular formula is C26H20N2O5S. The number of carbonyl (C=O) groups excluding carboxylic acids is 2.